The molecule has 0 aliphatic rings. The standard InChI is InChI=1S/C34H30ClN3O/c1-22(2)18-19-38-33-7-5-4-6-32(33)37-34(38)25-11-16-30-24(20-25)10-17-31(36-30)29-21-27(39-3)14-15-28(29)23-8-12-26(35)13-9-23/h4-17,20-22H,18-19H2,1-3H3. The van der Waals surface area contributed by atoms with Crippen LogP contribution >= 0.6 is 11.6 Å². The van der Waals surface area contributed by atoms with Gasteiger partial charge in [-0.15, -0.1) is 0 Å². The van der Waals surface area contributed by atoms with Crippen LogP contribution in [0, 0.1) is 5.92 Å². The van der Waals surface area contributed by atoms with Gasteiger partial charge in [-0.1, -0.05) is 61.8 Å². The highest BCUT2D eigenvalue weighted by Crippen LogP contribution is 2.36. The van der Waals surface area contributed by atoms with Crippen molar-refractivity contribution in [2.75, 3.05) is 7.11 Å². The number of rotatable bonds is 7. The summed E-state index contributed by atoms with van der Waals surface area (Å²) in [6.07, 6.45) is 1.10. The van der Waals surface area contributed by atoms with Crippen molar-refractivity contribution in [1.82, 2.24) is 14.5 Å². The zero-order valence-corrected chi connectivity index (χ0v) is 23.1. The van der Waals surface area contributed by atoms with Gasteiger partial charge in [-0.2, -0.15) is 0 Å². The van der Waals surface area contributed by atoms with E-state index in [-0.39, 0.29) is 0 Å². The van der Waals surface area contributed by atoms with E-state index in [0.29, 0.717) is 10.9 Å². The molecule has 2 aromatic heterocycles. The molecule has 0 fully saturated rings. The van der Waals surface area contributed by atoms with Crippen molar-refractivity contribution in [3.05, 3.63) is 102 Å². The predicted molar refractivity (Wildman–Crippen MR) is 162 cm³/mol. The molecule has 0 spiro atoms. The minimum Gasteiger partial charge on any atom is -0.497 e. The first-order valence-corrected chi connectivity index (χ1v) is 13.7. The topological polar surface area (TPSA) is 39.9 Å². The van der Waals surface area contributed by atoms with Crippen LogP contribution in [-0.2, 0) is 6.54 Å². The van der Waals surface area contributed by atoms with E-state index in [4.69, 9.17) is 26.3 Å². The Hall–Kier alpha value is -4.15. The number of pyridine rings is 1. The Balaban J connectivity index is 1.43. The molecular weight excluding hydrogens is 502 g/mol. The molecule has 0 atom stereocenters. The molecule has 0 aliphatic carbocycles. The van der Waals surface area contributed by atoms with Crippen molar-refractivity contribution < 1.29 is 4.74 Å². The van der Waals surface area contributed by atoms with Crippen LogP contribution in [0.3, 0.4) is 0 Å². The van der Waals surface area contributed by atoms with E-state index < -0.39 is 0 Å². The maximum atomic E-state index is 6.15. The van der Waals surface area contributed by atoms with Gasteiger partial charge < -0.3 is 9.30 Å². The van der Waals surface area contributed by atoms with Crippen molar-refractivity contribution in [1.29, 1.82) is 0 Å². The zero-order chi connectivity index (χ0) is 26.9. The summed E-state index contributed by atoms with van der Waals surface area (Å²) in [7, 11) is 1.69. The lowest BCUT2D eigenvalue weighted by molar-refractivity contribution is 0.415. The lowest BCUT2D eigenvalue weighted by Gasteiger charge is -2.13. The summed E-state index contributed by atoms with van der Waals surface area (Å²) in [6.45, 7) is 5.46. The third kappa shape index (κ3) is 5.00. The highest BCUT2D eigenvalue weighted by molar-refractivity contribution is 6.30. The molecule has 0 unspecified atom stereocenters. The molecule has 6 rings (SSSR count). The second-order valence-electron chi connectivity index (χ2n) is 10.3. The summed E-state index contributed by atoms with van der Waals surface area (Å²) < 4.78 is 7.91. The Kier molecular flexibility index (Phi) is 6.80. The second kappa shape index (κ2) is 10.5. The first kappa shape index (κ1) is 25.1. The number of aromatic nitrogens is 3. The number of imidazole rings is 1. The van der Waals surface area contributed by atoms with E-state index in [2.05, 4.69) is 79.1 Å². The molecule has 194 valence electrons. The minimum absolute atomic E-state index is 0.618. The van der Waals surface area contributed by atoms with Gasteiger partial charge in [0.15, 0.2) is 0 Å². The monoisotopic (exact) mass is 531 g/mol. The van der Waals surface area contributed by atoms with Crippen LogP contribution < -0.4 is 4.74 Å². The van der Waals surface area contributed by atoms with Crippen molar-refractivity contribution in [2.45, 2.75) is 26.8 Å². The van der Waals surface area contributed by atoms with Crippen molar-refractivity contribution in [3.8, 4) is 39.5 Å². The van der Waals surface area contributed by atoms with Gasteiger partial charge in [-0.25, -0.2) is 9.97 Å². The van der Waals surface area contributed by atoms with Gasteiger partial charge in [0.1, 0.15) is 11.6 Å². The summed E-state index contributed by atoms with van der Waals surface area (Å²) in [4.78, 5) is 10.1. The quantitative estimate of drug-likeness (QED) is 0.206. The Bertz CT molecular complexity index is 1790. The van der Waals surface area contributed by atoms with Crippen LogP contribution in [-0.4, -0.2) is 21.6 Å². The van der Waals surface area contributed by atoms with Crippen LogP contribution in [0.15, 0.2) is 97.1 Å². The number of hydrogen-bond acceptors (Lipinski definition) is 3. The number of hydrogen-bond donors (Lipinski definition) is 0. The normalized spacial score (nSPS) is 11.5. The van der Waals surface area contributed by atoms with Crippen molar-refractivity contribution in [2.24, 2.45) is 5.92 Å². The van der Waals surface area contributed by atoms with E-state index in [0.717, 1.165) is 68.9 Å². The Labute approximate surface area is 233 Å². The summed E-state index contributed by atoms with van der Waals surface area (Å²) in [5.74, 6) is 2.41. The third-order valence-corrected chi connectivity index (χ3v) is 7.44. The van der Waals surface area contributed by atoms with Crippen molar-refractivity contribution in [3.63, 3.8) is 0 Å². The Morgan fingerprint density at radius 1 is 0.769 bits per heavy atom. The van der Waals surface area contributed by atoms with E-state index >= 15 is 0 Å². The molecule has 4 aromatic carbocycles. The molecule has 0 radical (unpaired) electrons. The van der Waals surface area contributed by atoms with Gasteiger partial charge in [0.25, 0.3) is 0 Å². The molecule has 5 heteroatoms. The van der Waals surface area contributed by atoms with Crippen LogP contribution in [0.4, 0.5) is 0 Å². The van der Waals surface area contributed by atoms with Gasteiger partial charge in [0, 0.05) is 28.1 Å². The van der Waals surface area contributed by atoms with E-state index in [1.807, 2.05) is 36.4 Å². The smallest absolute Gasteiger partial charge is 0.141 e. The average molecular weight is 532 g/mol. The molecule has 0 bridgehead atoms. The highest BCUT2D eigenvalue weighted by atomic mass is 35.5. The number of methoxy groups -OCH3 is 1. The minimum atomic E-state index is 0.618. The summed E-state index contributed by atoms with van der Waals surface area (Å²) >= 11 is 6.15. The molecule has 0 saturated heterocycles. The summed E-state index contributed by atoms with van der Waals surface area (Å²) in [6, 6.07) is 33.0. The molecule has 6 aromatic rings. The van der Waals surface area contributed by atoms with Gasteiger partial charge in [-0.05, 0) is 84.1 Å². The Morgan fingerprint density at radius 3 is 2.36 bits per heavy atom. The number of para-hydroxylation sites is 2. The lowest BCUT2D eigenvalue weighted by atomic mass is 9.96. The largest absolute Gasteiger partial charge is 0.497 e. The Morgan fingerprint density at radius 2 is 1.56 bits per heavy atom. The highest BCUT2D eigenvalue weighted by Gasteiger charge is 2.15. The van der Waals surface area contributed by atoms with Crippen molar-refractivity contribution >= 4 is 33.5 Å². The van der Waals surface area contributed by atoms with Gasteiger partial charge >= 0.3 is 0 Å². The van der Waals surface area contributed by atoms with Gasteiger partial charge in [0.2, 0.25) is 0 Å². The summed E-state index contributed by atoms with van der Waals surface area (Å²) in [5.41, 5.74) is 8.30. The van der Waals surface area contributed by atoms with Crippen LogP contribution in [0.2, 0.25) is 5.02 Å². The predicted octanol–water partition coefficient (Wildman–Crippen LogP) is 9.29. The molecule has 4 nitrogen and oxygen atoms in total. The fourth-order valence-corrected chi connectivity index (χ4v) is 5.19. The molecule has 2 heterocycles. The third-order valence-electron chi connectivity index (χ3n) is 7.19. The molecule has 0 saturated carbocycles. The molecule has 0 aliphatic heterocycles. The number of benzene rings is 4. The van der Waals surface area contributed by atoms with E-state index in [1.54, 1.807) is 7.11 Å². The number of nitrogens with zero attached hydrogens (tertiary/aromatic N) is 3. The molecular formula is C34H30ClN3O. The van der Waals surface area contributed by atoms with E-state index in [9.17, 15) is 0 Å². The van der Waals surface area contributed by atoms with Gasteiger partial charge in [0.05, 0.1) is 29.4 Å². The lowest BCUT2D eigenvalue weighted by Crippen LogP contribution is -2.03. The first-order chi connectivity index (χ1) is 19.0. The average Bonchev–Trinajstić information content (AvgIpc) is 3.34. The van der Waals surface area contributed by atoms with E-state index in [1.165, 1.54) is 5.52 Å². The maximum Gasteiger partial charge on any atom is 0.141 e. The fraction of sp³-hybridized carbons (Fsp3) is 0.176. The number of fused-ring (bicyclic) bond motifs is 2. The van der Waals surface area contributed by atoms with Crippen LogP contribution in [0.25, 0.3) is 55.7 Å². The molecule has 0 amide bonds. The number of ether oxygens (including phenoxy) is 1. The number of halogens is 1. The molecule has 39 heavy (non-hydrogen) atoms. The maximum absolute atomic E-state index is 6.15. The summed E-state index contributed by atoms with van der Waals surface area (Å²) in [5, 5.41) is 1.79. The zero-order valence-electron chi connectivity index (χ0n) is 22.4. The SMILES string of the molecule is COc1ccc(-c2ccc(Cl)cc2)c(-c2ccc3cc(-c4nc5ccccc5n4CCC(C)C)ccc3n2)c1. The van der Waals surface area contributed by atoms with Crippen LogP contribution in [0.1, 0.15) is 20.3 Å². The van der Waals surface area contributed by atoms with Gasteiger partial charge in [-0.3, -0.25) is 0 Å². The number of aryl methyl sites for hydroxylation is 1. The first-order valence-electron chi connectivity index (χ1n) is 13.3. The molecule has 0 N–H and O–H groups in total. The van der Waals surface area contributed by atoms with Crippen LogP contribution in [0.5, 0.6) is 5.75 Å². The second-order valence-corrected chi connectivity index (χ2v) is 10.7. The fourth-order valence-electron chi connectivity index (χ4n) is 5.07.